The van der Waals surface area contributed by atoms with E-state index in [0.29, 0.717) is 5.56 Å². The number of nitrogens with zero attached hydrogens (tertiary/aromatic N) is 2. The fourth-order valence-corrected chi connectivity index (χ4v) is 1.27. The van der Waals surface area contributed by atoms with Crippen LogP contribution < -0.4 is 0 Å². The van der Waals surface area contributed by atoms with Gasteiger partial charge in [0.1, 0.15) is 0 Å². The minimum absolute atomic E-state index is 0.118. The Morgan fingerprint density at radius 1 is 1.30 bits per heavy atom. The molecule has 0 N–H and O–H groups in total. The lowest BCUT2D eigenvalue weighted by Gasteiger charge is -2.13. The third kappa shape index (κ3) is 4.79. The van der Waals surface area contributed by atoms with Gasteiger partial charge in [0.25, 0.3) is 0 Å². The molecular weight excluding hydrogens is 260 g/mol. The molecule has 0 heterocycles. The summed E-state index contributed by atoms with van der Waals surface area (Å²) >= 11 is 0. The normalized spacial score (nSPS) is 12.1. The number of benzene rings is 1. The van der Waals surface area contributed by atoms with Crippen molar-refractivity contribution in [3.8, 4) is 0 Å². The maximum Gasteiger partial charge on any atom is 0.340 e. The number of aryl methyl sites for hydroxylation is 1. The Balaban J connectivity index is 2.98. The smallest absolute Gasteiger partial charge is 0.317 e. The van der Waals surface area contributed by atoms with Crippen LogP contribution in [0.25, 0.3) is 0 Å². The van der Waals surface area contributed by atoms with Gasteiger partial charge in [0.2, 0.25) is 6.54 Å². The number of hydrogen-bond acceptors (Lipinski definition) is 5. The van der Waals surface area contributed by atoms with E-state index < -0.39 is 22.9 Å². The van der Waals surface area contributed by atoms with Crippen LogP contribution in [0.15, 0.2) is 29.4 Å². The fourth-order valence-electron chi connectivity index (χ4n) is 1.27. The van der Waals surface area contributed by atoms with Gasteiger partial charge in [-0.15, -0.1) is 0 Å². The molecule has 0 atom stereocenters. The first kappa shape index (κ1) is 15.8. The van der Waals surface area contributed by atoms with E-state index in [2.05, 4.69) is 5.16 Å². The molecule has 0 unspecified atom stereocenters. The van der Waals surface area contributed by atoms with Gasteiger partial charge in [-0.3, -0.25) is 10.1 Å². The molecule has 1 aromatic rings. The SMILES string of the molecule is Cc1ccc(C(C[N+](=O)[O-])=NOC(=O)C(C)(C)C)cc1. The number of rotatable bonds is 4. The van der Waals surface area contributed by atoms with Crippen molar-refractivity contribution in [1.82, 2.24) is 0 Å². The lowest BCUT2D eigenvalue weighted by molar-refractivity contribution is -0.463. The molecule has 0 bridgehead atoms. The highest BCUT2D eigenvalue weighted by Gasteiger charge is 2.24. The van der Waals surface area contributed by atoms with Crippen LogP contribution in [0.5, 0.6) is 0 Å². The molecule has 108 valence electrons. The second-order valence-electron chi connectivity index (χ2n) is 5.52. The molecule has 0 saturated carbocycles. The summed E-state index contributed by atoms with van der Waals surface area (Å²) in [6, 6.07) is 7.05. The monoisotopic (exact) mass is 278 g/mol. The summed E-state index contributed by atoms with van der Waals surface area (Å²) in [6.45, 7) is 6.46. The molecule has 1 aromatic carbocycles. The average molecular weight is 278 g/mol. The zero-order chi connectivity index (χ0) is 15.3. The average Bonchev–Trinajstić information content (AvgIpc) is 2.33. The topological polar surface area (TPSA) is 81.8 Å². The summed E-state index contributed by atoms with van der Waals surface area (Å²) in [4.78, 5) is 26.6. The molecule has 0 aliphatic carbocycles. The number of carbonyl (C=O) groups excluding carboxylic acids is 1. The number of hydrogen-bond donors (Lipinski definition) is 0. The summed E-state index contributed by atoms with van der Waals surface area (Å²) in [5.41, 5.74) is 0.999. The van der Waals surface area contributed by atoms with E-state index in [9.17, 15) is 14.9 Å². The van der Waals surface area contributed by atoms with E-state index in [1.165, 1.54) is 0 Å². The van der Waals surface area contributed by atoms with Crippen molar-refractivity contribution in [2.45, 2.75) is 27.7 Å². The van der Waals surface area contributed by atoms with E-state index in [1.807, 2.05) is 19.1 Å². The van der Waals surface area contributed by atoms with Crippen LogP contribution in [0.2, 0.25) is 0 Å². The standard InChI is InChI=1S/C14H18N2O4/c1-10-5-7-11(8-6-10)12(9-16(18)19)15-20-13(17)14(2,3)4/h5-8H,9H2,1-4H3. The molecular formula is C14H18N2O4. The highest BCUT2D eigenvalue weighted by molar-refractivity contribution is 6.01. The van der Waals surface area contributed by atoms with E-state index in [4.69, 9.17) is 4.84 Å². The van der Waals surface area contributed by atoms with Crippen LogP contribution in [0.1, 0.15) is 31.9 Å². The Morgan fingerprint density at radius 2 is 1.85 bits per heavy atom. The number of carbonyl (C=O) groups is 1. The van der Waals surface area contributed by atoms with E-state index in [0.717, 1.165) is 5.56 Å². The second kappa shape index (κ2) is 6.27. The van der Waals surface area contributed by atoms with Crippen molar-refractivity contribution >= 4 is 11.7 Å². The van der Waals surface area contributed by atoms with Gasteiger partial charge in [0, 0.05) is 10.5 Å². The molecule has 0 aromatic heterocycles. The van der Waals surface area contributed by atoms with Crippen LogP contribution in [-0.2, 0) is 9.63 Å². The molecule has 0 radical (unpaired) electrons. The van der Waals surface area contributed by atoms with Gasteiger partial charge < -0.3 is 4.84 Å². The van der Waals surface area contributed by atoms with Crippen molar-refractivity contribution in [1.29, 1.82) is 0 Å². The largest absolute Gasteiger partial charge is 0.340 e. The van der Waals surface area contributed by atoms with E-state index >= 15 is 0 Å². The van der Waals surface area contributed by atoms with Crippen LogP contribution in [0.3, 0.4) is 0 Å². The fraction of sp³-hybridized carbons (Fsp3) is 0.429. The Kier molecular flexibility index (Phi) is 4.96. The Morgan fingerprint density at radius 3 is 2.30 bits per heavy atom. The Hall–Kier alpha value is -2.24. The van der Waals surface area contributed by atoms with Gasteiger partial charge in [-0.05, 0) is 27.7 Å². The Labute approximate surface area is 117 Å². The molecule has 1 rings (SSSR count). The van der Waals surface area contributed by atoms with E-state index in [-0.39, 0.29) is 5.71 Å². The highest BCUT2D eigenvalue weighted by Crippen LogP contribution is 2.15. The zero-order valence-electron chi connectivity index (χ0n) is 12.0. The predicted octanol–water partition coefficient (Wildman–Crippen LogP) is 2.57. The summed E-state index contributed by atoms with van der Waals surface area (Å²) in [7, 11) is 0. The number of oxime groups is 1. The summed E-state index contributed by atoms with van der Waals surface area (Å²) < 4.78 is 0. The van der Waals surface area contributed by atoms with Gasteiger partial charge in [-0.1, -0.05) is 35.0 Å². The van der Waals surface area contributed by atoms with Crippen molar-refractivity contribution in [2.75, 3.05) is 6.54 Å². The van der Waals surface area contributed by atoms with Crippen LogP contribution in [0, 0.1) is 22.5 Å². The minimum Gasteiger partial charge on any atom is -0.317 e. The van der Waals surface area contributed by atoms with Crippen molar-refractivity contribution in [2.24, 2.45) is 10.6 Å². The van der Waals surface area contributed by atoms with Crippen molar-refractivity contribution in [3.63, 3.8) is 0 Å². The lowest BCUT2D eigenvalue weighted by Crippen LogP contribution is -2.23. The second-order valence-corrected chi connectivity index (χ2v) is 5.52. The first-order valence-electron chi connectivity index (χ1n) is 6.17. The maximum absolute atomic E-state index is 11.6. The summed E-state index contributed by atoms with van der Waals surface area (Å²) in [6.07, 6.45) is 0. The quantitative estimate of drug-likeness (QED) is 0.367. The van der Waals surface area contributed by atoms with Crippen molar-refractivity contribution in [3.05, 3.63) is 45.5 Å². The first-order valence-corrected chi connectivity index (χ1v) is 6.17. The summed E-state index contributed by atoms with van der Waals surface area (Å²) in [5, 5.41) is 14.3. The zero-order valence-corrected chi connectivity index (χ0v) is 12.0. The molecule has 6 nitrogen and oxygen atoms in total. The summed E-state index contributed by atoms with van der Waals surface area (Å²) in [5.74, 6) is -0.537. The minimum atomic E-state index is -0.712. The van der Waals surface area contributed by atoms with Crippen molar-refractivity contribution < 1.29 is 14.6 Å². The van der Waals surface area contributed by atoms with Gasteiger partial charge in [-0.25, -0.2) is 4.79 Å². The highest BCUT2D eigenvalue weighted by atomic mass is 16.7. The van der Waals surface area contributed by atoms with E-state index in [1.54, 1.807) is 32.9 Å². The van der Waals surface area contributed by atoms with Gasteiger partial charge in [0.05, 0.1) is 5.41 Å². The molecule has 0 amide bonds. The molecule has 0 aliphatic heterocycles. The first-order chi connectivity index (χ1) is 9.20. The lowest BCUT2D eigenvalue weighted by atomic mass is 9.98. The maximum atomic E-state index is 11.6. The van der Waals surface area contributed by atoms with Crippen LogP contribution in [0.4, 0.5) is 0 Å². The number of nitro groups is 1. The Bertz CT molecular complexity index is 527. The molecule has 0 saturated heterocycles. The molecule has 6 heteroatoms. The van der Waals surface area contributed by atoms with Crippen LogP contribution in [-0.4, -0.2) is 23.1 Å². The van der Waals surface area contributed by atoms with Gasteiger partial charge in [-0.2, -0.15) is 0 Å². The van der Waals surface area contributed by atoms with Gasteiger partial charge in [0.15, 0.2) is 5.71 Å². The predicted molar refractivity (Wildman–Crippen MR) is 75.1 cm³/mol. The third-order valence-corrected chi connectivity index (χ3v) is 2.51. The molecule has 0 fully saturated rings. The molecule has 20 heavy (non-hydrogen) atoms. The van der Waals surface area contributed by atoms with Crippen LogP contribution >= 0.6 is 0 Å². The molecule has 0 aliphatic rings. The third-order valence-electron chi connectivity index (χ3n) is 2.51. The van der Waals surface area contributed by atoms with Gasteiger partial charge >= 0.3 is 5.97 Å². The molecule has 0 spiro atoms.